The van der Waals surface area contributed by atoms with Crippen molar-refractivity contribution in [3.05, 3.63) is 29.3 Å². The van der Waals surface area contributed by atoms with Gasteiger partial charge in [-0.3, -0.25) is 4.79 Å². The highest BCUT2D eigenvalue weighted by Gasteiger charge is 2.34. The number of nitrogens with one attached hydrogen (secondary N) is 1. The van der Waals surface area contributed by atoms with Crippen LogP contribution in [-0.2, 0) is 17.5 Å². The van der Waals surface area contributed by atoms with Gasteiger partial charge in [0.2, 0.25) is 0 Å². The molecule has 1 amide bonds. The fourth-order valence-electron chi connectivity index (χ4n) is 1.65. The summed E-state index contributed by atoms with van der Waals surface area (Å²) in [7, 11) is 0. The van der Waals surface area contributed by atoms with Gasteiger partial charge in [-0.05, 0) is 38.5 Å². The van der Waals surface area contributed by atoms with Gasteiger partial charge in [-0.25, -0.2) is 0 Å². The minimum atomic E-state index is -4.57. The van der Waals surface area contributed by atoms with Crippen LogP contribution in [0.1, 0.15) is 31.9 Å². The van der Waals surface area contributed by atoms with Gasteiger partial charge in [0, 0.05) is 12.1 Å². The number of nitrogens with two attached hydrogens (primary N) is 1. The molecule has 0 heterocycles. The Labute approximate surface area is 121 Å². The third kappa shape index (κ3) is 5.63. The van der Waals surface area contributed by atoms with Crippen LogP contribution in [0.5, 0.6) is 5.75 Å². The Hall–Kier alpha value is -1.76. The molecule has 0 saturated heterocycles. The number of carbonyl (C=O) groups excluding carboxylic acids is 1. The molecule has 118 valence electrons. The average Bonchev–Trinajstić information content (AvgIpc) is 2.33. The van der Waals surface area contributed by atoms with E-state index < -0.39 is 29.8 Å². The number of amides is 1. The summed E-state index contributed by atoms with van der Waals surface area (Å²) in [5.74, 6) is -0.873. The van der Waals surface area contributed by atoms with Crippen LogP contribution in [0.3, 0.4) is 0 Å². The van der Waals surface area contributed by atoms with Crippen LogP contribution in [0.15, 0.2) is 18.2 Å². The van der Waals surface area contributed by atoms with Crippen LogP contribution < -0.4 is 15.8 Å². The summed E-state index contributed by atoms with van der Waals surface area (Å²) in [6.45, 7) is 4.81. The quantitative estimate of drug-likeness (QED) is 0.898. The second-order valence-electron chi connectivity index (χ2n) is 5.62. The fraction of sp³-hybridized carbons (Fsp3) is 0.500. The van der Waals surface area contributed by atoms with Gasteiger partial charge >= 0.3 is 6.18 Å². The van der Waals surface area contributed by atoms with Crippen LogP contribution >= 0.6 is 0 Å². The van der Waals surface area contributed by atoms with E-state index >= 15 is 0 Å². The SMILES string of the molecule is CC(C)(C)NC(=O)COc1ccc(CN)cc1C(F)(F)F. The number of halogens is 3. The topological polar surface area (TPSA) is 64.3 Å². The molecule has 3 N–H and O–H groups in total. The molecule has 0 bridgehead atoms. The van der Waals surface area contributed by atoms with Crippen LogP contribution in [0.2, 0.25) is 0 Å². The molecule has 0 aliphatic carbocycles. The lowest BCUT2D eigenvalue weighted by Crippen LogP contribution is -2.43. The van der Waals surface area contributed by atoms with E-state index in [1.54, 1.807) is 20.8 Å². The van der Waals surface area contributed by atoms with E-state index in [0.717, 1.165) is 6.07 Å². The van der Waals surface area contributed by atoms with E-state index in [2.05, 4.69) is 5.32 Å². The highest BCUT2D eigenvalue weighted by molar-refractivity contribution is 5.78. The first-order valence-electron chi connectivity index (χ1n) is 6.37. The van der Waals surface area contributed by atoms with E-state index in [-0.39, 0.29) is 12.3 Å². The minimum absolute atomic E-state index is 0.00608. The molecular formula is C14H19F3N2O2. The van der Waals surface area contributed by atoms with E-state index in [0.29, 0.717) is 5.56 Å². The number of hydrogen-bond donors (Lipinski definition) is 2. The normalized spacial score (nSPS) is 12.1. The maximum Gasteiger partial charge on any atom is 0.419 e. The molecule has 1 aromatic carbocycles. The molecule has 0 saturated carbocycles. The highest BCUT2D eigenvalue weighted by atomic mass is 19.4. The largest absolute Gasteiger partial charge is 0.483 e. The van der Waals surface area contributed by atoms with E-state index in [1.807, 2.05) is 0 Å². The molecule has 0 aliphatic rings. The van der Waals surface area contributed by atoms with E-state index in [9.17, 15) is 18.0 Å². The van der Waals surface area contributed by atoms with Crippen LogP contribution in [0, 0.1) is 0 Å². The molecule has 0 aromatic heterocycles. The summed E-state index contributed by atoms with van der Waals surface area (Å²) >= 11 is 0. The molecule has 7 heteroatoms. The Morgan fingerprint density at radius 1 is 1.29 bits per heavy atom. The van der Waals surface area contributed by atoms with Crippen molar-refractivity contribution in [2.45, 2.75) is 39.0 Å². The summed E-state index contributed by atoms with van der Waals surface area (Å²) in [4.78, 5) is 11.6. The van der Waals surface area contributed by atoms with Crippen LogP contribution in [-0.4, -0.2) is 18.1 Å². The Morgan fingerprint density at radius 2 is 1.90 bits per heavy atom. The molecule has 4 nitrogen and oxygen atoms in total. The van der Waals surface area contributed by atoms with Crippen molar-refractivity contribution in [2.75, 3.05) is 6.61 Å². The Morgan fingerprint density at radius 3 is 2.38 bits per heavy atom. The third-order valence-corrected chi connectivity index (χ3v) is 2.46. The smallest absolute Gasteiger partial charge is 0.419 e. The molecule has 0 aliphatic heterocycles. The van der Waals surface area contributed by atoms with Gasteiger partial charge in [-0.15, -0.1) is 0 Å². The van der Waals surface area contributed by atoms with Crippen molar-refractivity contribution < 1.29 is 22.7 Å². The van der Waals surface area contributed by atoms with Crippen molar-refractivity contribution in [3.8, 4) is 5.75 Å². The van der Waals surface area contributed by atoms with Crippen molar-refractivity contribution in [1.82, 2.24) is 5.32 Å². The van der Waals surface area contributed by atoms with Crippen molar-refractivity contribution >= 4 is 5.91 Å². The lowest BCUT2D eigenvalue weighted by molar-refractivity contribution is -0.139. The van der Waals surface area contributed by atoms with Crippen molar-refractivity contribution in [1.29, 1.82) is 0 Å². The third-order valence-electron chi connectivity index (χ3n) is 2.46. The summed E-state index contributed by atoms with van der Waals surface area (Å²) in [5.41, 5.74) is 4.26. The summed E-state index contributed by atoms with van der Waals surface area (Å²) < 4.78 is 43.8. The molecule has 21 heavy (non-hydrogen) atoms. The molecule has 0 fully saturated rings. The predicted octanol–water partition coefficient (Wildman–Crippen LogP) is 2.46. The van der Waals surface area contributed by atoms with Gasteiger partial charge in [-0.2, -0.15) is 13.2 Å². The van der Waals surface area contributed by atoms with Gasteiger partial charge < -0.3 is 15.8 Å². The molecule has 0 unspecified atom stereocenters. The van der Waals surface area contributed by atoms with Crippen molar-refractivity contribution in [2.24, 2.45) is 5.73 Å². The highest BCUT2D eigenvalue weighted by Crippen LogP contribution is 2.36. The Balaban J connectivity index is 2.86. The monoisotopic (exact) mass is 304 g/mol. The summed E-state index contributed by atoms with van der Waals surface area (Å²) in [5, 5.41) is 2.60. The maximum absolute atomic E-state index is 12.9. The number of rotatable bonds is 4. The number of hydrogen-bond acceptors (Lipinski definition) is 3. The van der Waals surface area contributed by atoms with Gasteiger partial charge in [0.05, 0.1) is 5.56 Å². The van der Waals surface area contributed by atoms with E-state index in [4.69, 9.17) is 10.5 Å². The zero-order valence-electron chi connectivity index (χ0n) is 12.2. The number of ether oxygens (including phenoxy) is 1. The molecule has 0 spiro atoms. The van der Waals surface area contributed by atoms with Crippen LogP contribution in [0.25, 0.3) is 0 Å². The fourth-order valence-corrected chi connectivity index (χ4v) is 1.65. The Bertz CT molecular complexity index is 508. The molecular weight excluding hydrogens is 285 g/mol. The van der Waals surface area contributed by atoms with Gasteiger partial charge in [0.25, 0.3) is 5.91 Å². The molecule has 0 radical (unpaired) electrons. The zero-order chi connectivity index (χ0) is 16.3. The predicted molar refractivity (Wildman–Crippen MR) is 72.7 cm³/mol. The lowest BCUT2D eigenvalue weighted by atomic mass is 10.1. The van der Waals surface area contributed by atoms with Gasteiger partial charge in [-0.1, -0.05) is 6.07 Å². The second-order valence-corrected chi connectivity index (χ2v) is 5.62. The Kier molecular flexibility index (Phi) is 5.22. The number of benzene rings is 1. The first-order valence-corrected chi connectivity index (χ1v) is 6.37. The first-order chi connectivity index (χ1) is 9.53. The van der Waals surface area contributed by atoms with Crippen LogP contribution in [0.4, 0.5) is 13.2 Å². The molecule has 1 aromatic rings. The summed E-state index contributed by atoms with van der Waals surface area (Å²) in [6.07, 6.45) is -4.57. The number of alkyl halides is 3. The molecule has 1 rings (SSSR count). The van der Waals surface area contributed by atoms with Gasteiger partial charge in [0.1, 0.15) is 5.75 Å². The van der Waals surface area contributed by atoms with E-state index in [1.165, 1.54) is 12.1 Å². The van der Waals surface area contributed by atoms with Gasteiger partial charge in [0.15, 0.2) is 6.61 Å². The second kappa shape index (κ2) is 6.34. The summed E-state index contributed by atoms with van der Waals surface area (Å²) in [6, 6.07) is 3.54. The zero-order valence-corrected chi connectivity index (χ0v) is 12.2. The standard InChI is InChI=1S/C14H19F3N2O2/c1-13(2,3)19-12(20)8-21-11-5-4-9(7-18)6-10(11)14(15,16)17/h4-6H,7-8,18H2,1-3H3,(H,19,20). The lowest BCUT2D eigenvalue weighted by Gasteiger charge is -2.21. The van der Waals surface area contributed by atoms with Crippen molar-refractivity contribution in [3.63, 3.8) is 0 Å². The molecule has 0 atom stereocenters. The average molecular weight is 304 g/mol. The first kappa shape index (κ1) is 17.3. The number of carbonyl (C=O) groups is 1. The maximum atomic E-state index is 12.9. The minimum Gasteiger partial charge on any atom is -0.483 e.